The Morgan fingerprint density at radius 2 is 2.02 bits per heavy atom. The van der Waals surface area contributed by atoms with E-state index in [1.54, 1.807) is 6.07 Å². The Bertz CT molecular complexity index is 1720. The Kier molecular flexibility index (Phi) is 6.40. The summed E-state index contributed by atoms with van der Waals surface area (Å²) in [6, 6.07) is 14.2. The molecule has 2 saturated heterocycles. The van der Waals surface area contributed by atoms with Gasteiger partial charge >= 0.3 is 6.03 Å². The molecule has 1 aromatic carbocycles. The number of aromatic nitrogens is 4. The molecule has 2 aliphatic rings. The van der Waals surface area contributed by atoms with Crippen molar-refractivity contribution in [3.05, 3.63) is 54.4 Å². The van der Waals surface area contributed by atoms with Crippen LogP contribution in [0.15, 0.2) is 53.2 Å². The summed E-state index contributed by atoms with van der Waals surface area (Å²) >= 11 is 1.54. The summed E-state index contributed by atoms with van der Waals surface area (Å²) in [7, 11) is 0. The van der Waals surface area contributed by atoms with E-state index in [0.717, 1.165) is 46.2 Å². The molecule has 0 aliphatic carbocycles. The summed E-state index contributed by atoms with van der Waals surface area (Å²) < 4.78 is 13.4. The molecule has 212 valence electrons. The molecule has 0 spiro atoms. The molecule has 0 saturated carbocycles. The van der Waals surface area contributed by atoms with Crippen molar-refractivity contribution in [3.8, 4) is 17.1 Å². The molecule has 5 aromatic rings. The van der Waals surface area contributed by atoms with Crippen LogP contribution in [0.5, 0.6) is 5.88 Å². The Morgan fingerprint density at radius 1 is 1.17 bits per heavy atom. The molecule has 12 heteroatoms. The predicted octanol–water partition coefficient (Wildman–Crippen LogP) is 4.97. The standard InChI is InChI=1S/C29H32N8O3S/c1-29(2,3)23-13-24(35-40-23)33-27(38)31-18-6-4-17(5-7-18)21-16-37-22-8-9-25(34-26(22)41-28(37)32-21)39-11-10-36-15-19-12-20(36)14-30-19/h4-9,13,16,19-20,30H,10-12,14-15H2,1-3H3,(H2,31,33,35,38)/t19-,20+/m0/s1. The van der Waals surface area contributed by atoms with Gasteiger partial charge < -0.3 is 19.9 Å². The maximum Gasteiger partial charge on any atom is 0.324 e. The van der Waals surface area contributed by atoms with Crippen molar-refractivity contribution in [1.82, 2.24) is 29.7 Å². The monoisotopic (exact) mass is 572 g/mol. The first-order valence-electron chi connectivity index (χ1n) is 13.8. The number of urea groups is 1. The van der Waals surface area contributed by atoms with Crippen molar-refractivity contribution in [1.29, 1.82) is 0 Å². The van der Waals surface area contributed by atoms with Crippen molar-refractivity contribution < 1.29 is 14.1 Å². The van der Waals surface area contributed by atoms with Crippen LogP contribution in [0.4, 0.5) is 16.3 Å². The van der Waals surface area contributed by atoms with E-state index < -0.39 is 6.03 Å². The zero-order valence-corrected chi connectivity index (χ0v) is 24.0. The molecule has 7 rings (SSSR count). The summed E-state index contributed by atoms with van der Waals surface area (Å²) in [5.74, 6) is 1.72. The number of carbonyl (C=O) groups is 1. The topological polar surface area (TPSA) is 122 Å². The number of rotatable bonds is 7. The smallest absolute Gasteiger partial charge is 0.324 e. The second-order valence-electron chi connectivity index (χ2n) is 11.7. The molecule has 2 atom stereocenters. The molecule has 6 heterocycles. The number of hydrogen-bond acceptors (Lipinski definition) is 9. The SMILES string of the molecule is CC(C)(C)c1cc(NC(=O)Nc2ccc(-c3cn4c(n3)sc3nc(OCCN5C[C@@H]6C[C@@H]5CN6)ccc34)cc2)no1. The molecule has 11 nitrogen and oxygen atoms in total. The van der Waals surface area contributed by atoms with Crippen molar-refractivity contribution in [2.24, 2.45) is 0 Å². The minimum atomic E-state index is -0.392. The lowest BCUT2D eigenvalue weighted by Gasteiger charge is -2.26. The van der Waals surface area contributed by atoms with Gasteiger partial charge in [-0.3, -0.25) is 14.6 Å². The number of thiazole rings is 1. The van der Waals surface area contributed by atoms with E-state index in [1.165, 1.54) is 17.8 Å². The highest BCUT2D eigenvalue weighted by molar-refractivity contribution is 7.23. The number of carbonyl (C=O) groups excluding carboxylic acids is 1. The van der Waals surface area contributed by atoms with Crippen molar-refractivity contribution in [2.45, 2.75) is 44.7 Å². The first kappa shape index (κ1) is 25.9. The average Bonchev–Trinajstić information content (AvgIpc) is 3.75. The van der Waals surface area contributed by atoms with E-state index in [0.29, 0.717) is 41.8 Å². The molecule has 0 unspecified atom stereocenters. The second kappa shape index (κ2) is 10.1. The van der Waals surface area contributed by atoms with Gasteiger partial charge in [0.25, 0.3) is 0 Å². The van der Waals surface area contributed by atoms with Crippen molar-refractivity contribution >= 4 is 44.2 Å². The van der Waals surface area contributed by atoms with Gasteiger partial charge in [-0.05, 0) is 24.6 Å². The third kappa shape index (κ3) is 5.25. The number of pyridine rings is 1. The van der Waals surface area contributed by atoms with Gasteiger partial charge in [-0.1, -0.05) is 49.4 Å². The number of amides is 2. The summed E-state index contributed by atoms with van der Waals surface area (Å²) in [6.45, 7) is 9.83. The zero-order valence-electron chi connectivity index (χ0n) is 23.2. The van der Waals surface area contributed by atoms with Crippen LogP contribution in [0.1, 0.15) is 33.0 Å². The zero-order chi connectivity index (χ0) is 28.1. The van der Waals surface area contributed by atoms with E-state index >= 15 is 0 Å². The lowest BCUT2D eigenvalue weighted by Crippen LogP contribution is -2.45. The van der Waals surface area contributed by atoms with Gasteiger partial charge in [0.05, 0.1) is 11.2 Å². The van der Waals surface area contributed by atoms with Crippen LogP contribution in [-0.4, -0.2) is 68.8 Å². The maximum absolute atomic E-state index is 12.4. The lowest BCUT2D eigenvalue weighted by atomic mass is 9.93. The number of fused-ring (bicyclic) bond motifs is 5. The first-order chi connectivity index (χ1) is 19.8. The highest BCUT2D eigenvalue weighted by atomic mass is 32.1. The second-order valence-corrected chi connectivity index (χ2v) is 12.6. The maximum atomic E-state index is 12.4. The molecule has 2 aliphatic heterocycles. The summed E-state index contributed by atoms with van der Waals surface area (Å²) in [5.41, 5.74) is 3.26. The van der Waals surface area contributed by atoms with Gasteiger partial charge in [0.15, 0.2) is 10.8 Å². The van der Waals surface area contributed by atoms with Crippen LogP contribution < -0.4 is 20.7 Å². The molecule has 2 fully saturated rings. The van der Waals surface area contributed by atoms with Gasteiger partial charge in [-0.25, -0.2) is 14.8 Å². The summed E-state index contributed by atoms with van der Waals surface area (Å²) in [6.07, 6.45) is 3.27. The number of imidazole rings is 1. The van der Waals surface area contributed by atoms with Crippen LogP contribution in [-0.2, 0) is 5.41 Å². The van der Waals surface area contributed by atoms with Gasteiger partial charge in [-0.2, -0.15) is 0 Å². The predicted molar refractivity (Wildman–Crippen MR) is 159 cm³/mol. The molecule has 2 amide bonds. The number of anilines is 2. The van der Waals surface area contributed by atoms with Crippen LogP contribution >= 0.6 is 11.3 Å². The quantitative estimate of drug-likeness (QED) is 0.250. The average molecular weight is 573 g/mol. The van der Waals surface area contributed by atoms with E-state index in [9.17, 15) is 4.79 Å². The number of nitrogens with one attached hydrogen (secondary N) is 3. The summed E-state index contributed by atoms with van der Waals surface area (Å²) in [4.78, 5) is 26.3. The third-order valence-electron chi connectivity index (χ3n) is 7.66. The largest absolute Gasteiger partial charge is 0.476 e. The van der Waals surface area contributed by atoms with Crippen LogP contribution in [0.3, 0.4) is 0 Å². The van der Waals surface area contributed by atoms with Crippen molar-refractivity contribution in [3.63, 3.8) is 0 Å². The van der Waals surface area contributed by atoms with Gasteiger partial charge in [0.1, 0.15) is 17.2 Å². The summed E-state index contributed by atoms with van der Waals surface area (Å²) in [5, 5.41) is 13.0. The Balaban J connectivity index is 0.978. The molecule has 0 radical (unpaired) electrons. The lowest BCUT2D eigenvalue weighted by molar-refractivity contribution is 0.178. The molecule has 4 aromatic heterocycles. The molecule has 3 N–H and O–H groups in total. The van der Waals surface area contributed by atoms with Crippen LogP contribution in [0.25, 0.3) is 26.6 Å². The minimum Gasteiger partial charge on any atom is -0.476 e. The fourth-order valence-corrected chi connectivity index (χ4v) is 6.44. The highest BCUT2D eigenvalue weighted by Crippen LogP contribution is 2.31. The normalized spacial score (nSPS) is 18.9. The molecule has 41 heavy (non-hydrogen) atoms. The Labute approximate surface area is 240 Å². The van der Waals surface area contributed by atoms with Crippen LogP contribution in [0, 0.1) is 0 Å². The minimum absolute atomic E-state index is 0.189. The Morgan fingerprint density at radius 3 is 2.76 bits per heavy atom. The number of ether oxygens (including phenoxy) is 1. The fourth-order valence-electron chi connectivity index (χ4n) is 5.47. The Hall–Kier alpha value is -4.00. The van der Waals surface area contributed by atoms with E-state index in [2.05, 4.69) is 30.4 Å². The molecule has 2 bridgehead atoms. The number of piperazine rings is 1. The third-order valence-corrected chi connectivity index (χ3v) is 8.63. The number of nitrogens with zero attached hydrogens (tertiary/aromatic N) is 5. The van der Waals surface area contributed by atoms with E-state index in [4.69, 9.17) is 19.2 Å². The van der Waals surface area contributed by atoms with E-state index in [1.807, 2.05) is 63.4 Å². The van der Waals surface area contributed by atoms with E-state index in [-0.39, 0.29) is 5.41 Å². The van der Waals surface area contributed by atoms with Crippen molar-refractivity contribution in [2.75, 3.05) is 36.9 Å². The molecular formula is C29H32N8O3S. The highest BCUT2D eigenvalue weighted by Gasteiger charge is 2.37. The number of hydrogen-bond donors (Lipinski definition) is 3. The molecular weight excluding hydrogens is 540 g/mol. The van der Waals surface area contributed by atoms with Crippen LogP contribution in [0.2, 0.25) is 0 Å². The fraction of sp³-hybridized carbons (Fsp3) is 0.379. The van der Waals surface area contributed by atoms with Gasteiger partial charge in [0, 0.05) is 66.7 Å². The van der Waals surface area contributed by atoms with Gasteiger partial charge in [-0.15, -0.1) is 0 Å². The first-order valence-corrected chi connectivity index (χ1v) is 14.6. The number of likely N-dealkylation sites (tertiary alicyclic amines) is 1. The van der Waals surface area contributed by atoms with Gasteiger partial charge in [0.2, 0.25) is 5.88 Å². The number of benzene rings is 1.